The Morgan fingerprint density at radius 2 is 2.33 bits per heavy atom. The van der Waals surface area contributed by atoms with Gasteiger partial charge in [-0.2, -0.15) is 0 Å². The summed E-state index contributed by atoms with van der Waals surface area (Å²) >= 11 is 0. The van der Waals surface area contributed by atoms with Crippen LogP contribution in [-0.2, 0) is 0 Å². The first-order chi connectivity index (χ1) is 7.29. The van der Waals surface area contributed by atoms with Gasteiger partial charge in [0.15, 0.2) is 6.29 Å². The van der Waals surface area contributed by atoms with Gasteiger partial charge in [0.1, 0.15) is 5.82 Å². The summed E-state index contributed by atoms with van der Waals surface area (Å²) in [7, 11) is 1.82. The van der Waals surface area contributed by atoms with Crippen molar-refractivity contribution >= 4 is 6.29 Å². The van der Waals surface area contributed by atoms with Crippen LogP contribution in [0.1, 0.15) is 22.3 Å². The van der Waals surface area contributed by atoms with Crippen molar-refractivity contribution in [1.82, 2.24) is 5.32 Å². The number of aldehydes is 1. The van der Waals surface area contributed by atoms with Gasteiger partial charge in [-0.3, -0.25) is 4.79 Å². The monoisotopic (exact) mass is 205 g/mol. The van der Waals surface area contributed by atoms with Gasteiger partial charge >= 0.3 is 0 Å². The molecule has 0 spiro atoms. The van der Waals surface area contributed by atoms with Crippen LogP contribution in [0.4, 0.5) is 4.39 Å². The standard InChI is InChI=1S/C12H12FNO/c1-14-8-3-2-6-11-10(9-15)5-4-7-12(11)13/h4-5,7,9,14H,3,8H2,1H3. The van der Waals surface area contributed by atoms with Crippen molar-refractivity contribution in [3.05, 3.63) is 35.1 Å². The Labute approximate surface area is 88.5 Å². The lowest BCUT2D eigenvalue weighted by atomic mass is 10.1. The fourth-order valence-electron chi connectivity index (χ4n) is 1.11. The van der Waals surface area contributed by atoms with Crippen molar-refractivity contribution in [2.24, 2.45) is 0 Å². The Bertz CT molecular complexity index is 404. The second-order valence-corrected chi connectivity index (χ2v) is 2.98. The summed E-state index contributed by atoms with van der Waals surface area (Å²) in [6.07, 6.45) is 1.24. The number of nitrogens with one attached hydrogen (secondary N) is 1. The average Bonchev–Trinajstić information content (AvgIpc) is 2.26. The van der Waals surface area contributed by atoms with Gasteiger partial charge in [0, 0.05) is 18.5 Å². The molecule has 0 aromatic heterocycles. The van der Waals surface area contributed by atoms with E-state index in [2.05, 4.69) is 17.2 Å². The number of hydrogen-bond donors (Lipinski definition) is 1. The number of halogens is 1. The van der Waals surface area contributed by atoms with Gasteiger partial charge < -0.3 is 5.32 Å². The highest BCUT2D eigenvalue weighted by molar-refractivity contribution is 5.79. The van der Waals surface area contributed by atoms with Crippen LogP contribution in [0.25, 0.3) is 0 Å². The maximum atomic E-state index is 13.3. The first-order valence-electron chi connectivity index (χ1n) is 4.66. The molecule has 1 aromatic carbocycles. The quantitative estimate of drug-likeness (QED) is 0.461. The van der Waals surface area contributed by atoms with Crippen LogP contribution in [0.5, 0.6) is 0 Å². The maximum absolute atomic E-state index is 13.3. The third kappa shape index (κ3) is 3.19. The number of hydrogen-bond acceptors (Lipinski definition) is 2. The summed E-state index contributed by atoms with van der Waals surface area (Å²) in [4.78, 5) is 10.6. The molecule has 0 unspecified atom stereocenters. The molecule has 1 rings (SSSR count). The van der Waals surface area contributed by atoms with E-state index in [4.69, 9.17) is 0 Å². The minimum atomic E-state index is -0.448. The molecule has 0 amide bonds. The van der Waals surface area contributed by atoms with E-state index in [1.54, 1.807) is 6.07 Å². The van der Waals surface area contributed by atoms with Crippen molar-refractivity contribution in [3.8, 4) is 11.8 Å². The lowest BCUT2D eigenvalue weighted by Gasteiger charge is -1.97. The molecule has 0 fully saturated rings. The molecule has 3 heteroatoms. The van der Waals surface area contributed by atoms with Crippen molar-refractivity contribution in [3.63, 3.8) is 0 Å². The second-order valence-electron chi connectivity index (χ2n) is 2.98. The Morgan fingerprint density at radius 1 is 1.53 bits per heavy atom. The predicted octanol–water partition coefficient (Wildman–Crippen LogP) is 1.60. The highest BCUT2D eigenvalue weighted by Crippen LogP contribution is 2.09. The van der Waals surface area contributed by atoms with Gasteiger partial charge in [0.25, 0.3) is 0 Å². The highest BCUT2D eigenvalue weighted by atomic mass is 19.1. The molecule has 2 nitrogen and oxygen atoms in total. The minimum Gasteiger partial charge on any atom is -0.319 e. The van der Waals surface area contributed by atoms with Crippen molar-refractivity contribution in [2.75, 3.05) is 13.6 Å². The molecular formula is C12H12FNO. The molecule has 78 valence electrons. The van der Waals surface area contributed by atoms with Crippen LogP contribution in [-0.4, -0.2) is 19.9 Å². The van der Waals surface area contributed by atoms with Gasteiger partial charge in [0.2, 0.25) is 0 Å². The molecule has 0 radical (unpaired) electrons. The number of benzene rings is 1. The lowest BCUT2D eigenvalue weighted by Crippen LogP contribution is -2.06. The van der Waals surface area contributed by atoms with E-state index in [1.165, 1.54) is 12.1 Å². The zero-order chi connectivity index (χ0) is 11.1. The Hall–Kier alpha value is -1.66. The molecule has 0 aliphatic heterocycles. The van der Waals surface area contributed by atoms with Gasteiger partial charge in [-0.15, -0.1) is 0 Å². The van der Waals surface area contributed by atoms with E-state index in [-0.39, 0.29) is 5.56 Å². The Balaban J connectivity index is 2.90. The van der Waals surface area contributed by atoms with Crippen LogP contribution in [0, 0.1) is 17.7 Å². The maximum Gasteiger partial charge on any atom is 0.151 e. The summed E-state index contributed by atoms with van der Waals surface area (Å²) in [5.74, 6) is 5.03. The Kier molecular flexibility index (Phi) is 4.52. The van der Waals surface area contributed by atoms with Crippen LogP contribution in [0.3, 0.4) is 0 Å². The zero-order valence-corrected chi connectivity index (χ0v) is 8.51. The van der Waals surface area contributed by atoms with Gasteiger partial charge in [0.05, 0.1) is 5.56 Å². The molecule has 0 aliphatic carbocycles. The van der Waals surface area contributed by atoms with Crippen molar-refractivity contribution in [2.45, 2.75) is 6.42 Å². The van der Waals surface area contributed by atoms with Gasteiger partial charge in [-0.05, 0) is 13.1 Å². The highest BCUT2D eigenvalue weighted by Gasteiger charge is 2.03. The third-order valence-corrected chi connectivity index (χ3v) is 1.89. The largest absolute Gasteiger partial charge is 0.319 e. The first-order valence-corrected chi connectivity index (χ1v) is 4.66. The zero-order valence-electron chi connectivity index (χ0n) is 8.51. The summed E-state index contributed by atoms with van der Waals surface area (Å²) in [6.45, 7) is 0.748. The van der Waals surface area contributed by atoms with E-state index in [1.807, 2.05) is 7.05 Å². The first kappa shape index (κ1) is 11.4. The summed E-state index contributed by atoms with van der Waals surface area (Å²) < 4.78 is 13.3. The topological polar surface area (TPSA) is 29.1 Å². The average molecular weight is 205 g/mol. The SMILES string of the molecule is CNCCC#Cc1c(F)cccc1C=O. The molecule has 0 atom stereocenters. The second kappa shape index (κ2) is 5.94. The summed E-state index contributed by atoms with van der Waals surface area (Å²) in [5.41, 5.74) is 0.482. The minimum absolute atomic E-state index is 0.184. The number of carbonyl (C=O) groups excluding carboxylic acids is 1. The lowest BCUT2D eigenvalue weighted by molar-refractivity contribution is 0.112. The molecule has 1 N–H and O–H groups in total. The number of rotatable bonds is 3. The van der Waals surface area contributed by atoms with Crippen LogP contribution in [0.2, 0.25) is 0 Å². The fourth-order valence-corrected chi connectivity index (χ4v) is 1.11. The Morgan fingerprint density at radius 3 is 3.00 bits per heavy atom. The summed E-state index contributed by atoms with van der Waals surface area (Å²) in [6, 6.07) is 4.35. The molecule has 0 aliphatic rings. The molecule has 0 saturated carbocycles. The van der Waals surface area contributed by atoms with Crippen molar-refractivity contribution in [1.29, 1.82) is 0 Å². The molecule has 1 aromatic rings. The van der Waals surface area contributed by atoms with Gasteiger partial charge in [-0.25, -0.2) is 4.39 Å². The smallest absolute Gasteiger partial charge is 0.151 e. The van der Waals surface area contributed by atoms with E-state index in [0.29, 0.717) is 18.3 Å². The van der Waals surface area contributed by atoms with E-state index < -0.39 is 5.82 Å². The fraction of sp³-hybridized carbons (Fsp3) is 0.250. The number of carbonyl (C=O) groups is 1. The van der Waals surface area contributed by atoms with E-state index in [0.717, 1.165) is 6.54 Å². The predicted molar refractivity (Wildman–Crippen MR) is 57.2 cm³/mol. The molecule has 0 heterocycles. The third-order valence-electron chi connectivity index (χ3n) is 1.89. The van der Waals surface area contributed by atoms with Crippen LogP contribution < -0.4 is 5.32 Å². The molecule has 0 bridgehead atoms. The molecular weight excluding hydrogens is 193 g/mol. The van der Waals surface area contributed by atoms with Crippen LogP contribution in [0.15, 0.2) is 18.2 Å². The molecule has 15 heavy (non-hydrogen) atoms. The van der Waals surface area contributed by atoms with Crippen molar-refractivity contribution < 1.29 is 9.18 Å². The summed E-state index contributed by atoms with van der Waals surface area (Å²) in [5, 5.41) is 2.93. The van der Waals surface area contributed by atoms with Gasteiger partial charge in [-0.1, -0.05) is 24.0 Å². The normalized spacial score (nSPS) is 9.20. The van der Waals surface area contributed by atoms with E-state index >= 15 is 0 Å². The molecule has 0 saturated heterocycles. The van der Waals surface area contributed by atoms with Crippen LogP contribution >= 0.6 is 0 Å². The van der Waals surface area contributed by atoms with E-state index in [9.17, 15) is 9.18 Å².